The van der Waals surface area contributed by atoms with Crippen LogP contribution in [0.25, 0.3) is 11.1 Å². The summed E-state index contributed by atoms with van der Waals surface area (Å²) >= 11 is 0. The zero-order valence-corrected chi connectivity index (χ0v) is 19.4. The van der Waals surface area contributed by atoms with E-state index in [1.54, 1.807) is 13.2 Å². The van der Waals surface area contributed by atoms with E-state index in [9.17, 15) is 4.79 Å². The third-order valence-electron chi connectivity index (χ3n) is 7.02. The van der Waals surface area contributed by atoms with Crippen LogP contribution < -0.4 is 5.32 Å². The van der Waals surface area contributed by atoms with Crippen LogP contribution in [0.1, 0.15) is 35.1 Å². The number of hydrogen-bond acceptors (Lipinski definition) is 3. The number of hydrogen-bond donors (Lipinski definition) is 1. The molecule has 0 bridgehead atoms. The predicted molar refractivity (Wildman–Crippen MR) is 130 cm³/mol. The number of amides is 1. The van der Waals surface area contributed by atoms with Crippen molar-refractivity contribution in [3.63, 3.8) is 0 Å². The highest BCUT2D eigenvalue weighted by Gasteiger charge is 2.41. The molecule has 0 unspecified atom stereocenters. The number of likely N-dealkylation sites (tertiary alicyclic amines) is 1. The zero-order chi connectivity index (χ0) is 22.6. The van der Waals surface area contributed by atoms with Crippen LogP contribution in [0.15, 0.2) is 67.0 Å². The number of piperidine rings is 1. The Balaban J connectivity index is 1.53. The van der Waals surface area contributed by atoms with E-state index in [1.165, 1.54) is 27.8 Å². The SMILES string of the molecule is CNC(=O)C1(Cc2ccccc2-c2cccnc2)CCN(Cc2ccc(C)c(C)c2)CC1. The van der Waals surface area contributed by atoms with E-state index in [1.807, 2.05) is 12.3 Å². The second-order valence-corrected chi connectivity index (χ2v) is 9.13. The predicted octanol–water partition coefficient (Wildman–Crippen LogP) is 4.94. The Morgan fingerprint density at radius 1 is 1.03 bits per heavy atom. The van der Waals surface area contributed by atoms with Crippen molar-refractivity contribution in [3.8, 4) is 11.1 Å². The van der Waals surface area contributed by atoms with Crippen molar-refractivity contribution in [1.82, 2.24) is 15.2 Å². The van der Waals surface area contributed by atoms with Gasteiger partial charge in [-0.05, 0) is 80.1 Å². The van der Waals surface area contributed by atoms with E-state index in [0.29, 0.717) is 0 Å². The molecule has 1 amide bonds. The lowest BCUT2D eigenvalue weighted by Crippen LogP contribution is -2.49. The van der Waals surface area contributed by atoms with E-state index >= 15 is 0 Å². The van der Waals surface area contributed by atoms with Gasteiger partial charge < -0.3 is 5.32 Å². The normalized spacial score (nSPS) is 16.0. The highest BCUT2D eigenvalue weighted by atomic mass is 16.2. The third kappa shape index (κ3) is 4.76. The van der Waals surface area contributed by atoms with Gasteiger partial charge in [-0.25, -0.2) is 0 Å². The number of benzene rings is 2. The van der Waals surface area contributed by atoms with Crippen molar-refractivity contribution in [1.29, 1.82) is 0 Å². The Kier molecular flexibility index (Phi) is 6.71. The fourth-order valence-electron chi connectivity index (χ4n) is 4.89. The van der Waals surface area contributed by atoms with E-state index in [2.05, 4.69) is 77.6 Å². The number of rotatable bonds is 6. The average Bonchev–Trinajstić information content (AvgIpc) is 2.83. The van der Waals surface area contributed by atoms with Gasteiger partial charge in [0.15, 0.2) is 0 Å². The molecule has 0 saturated carbocycles. The molecule has 1 saturated heterocycles. The van der Waals surface area contributed by atoms with E-state index in [0.717, 1.165) is 44.5 Å². The van der Waals surface area contributed by atoms with Crippen LogP contribution in [0.4, 0.5) is 0 Å². The highest BCUT2D eigenvalue weighted by molar-refractivity contribution is 5.83. The summed E-state index contributed by atoms with van der Waals surface area (Å²) in [5, 5.41) is 2.96. The van der Waals surface area contributed by atoms with Crippen molar-refractivity contribution < 1.29 is 4.79 Å². The molecule has 1 fully saturated rings. The number of aromatic nitrogens is 1. The number of carbonyl (C=O) groups excluding carboxylic acids is 1. The molecule has 32 heavy (non-hydrogen) atoms. The van der Waals surface area contributed by atoms with Gasteiger partial charge in [-0.3, -0.25) is 14.7 Å². The summed E-state index contributed by atoms with van der Waals surface area (Å²) in [6.45, 7) is 7.12. The standard InChI is InChI=1S/C28H33N3O/c1-21-10-11-23(17-22(21)2)20-31-15-12-28(13-16-31,27(32)29-3)18-24-7-4-5-9-26(24)25-8-6-14-30-19-25/h4-11,14,17,19H,12-13,15-16,18,20H2,1-3H3,(H,29,32). The molecule has 166 valence electrons. The first-order valence-corrected chi connectivity index (χ1v) is 11.5. The average molecular weight is 428 g/mol. The first kappa shape index (κ1) is 22.2. The fraction of sp³-hybridized carbons (Fsp3) is 0.357. The Hall–Kier alpha value is -2.98. The highest BCUT2D eigenvalue weighted by Crippen LogP contribution is 2.38. The topological polar surface area (TPSA) is 45.2 Å². The van der Waals surface area contributed by atoms with Gasteiger partial charge in [0.2, 0.25) is 5.91 Å². The molecular formula is C28H33N3O. The molecule has 1 aromatic heterocycles. The van der Waals surface area contributed by atoms with Gasteiger partial charge in [-0.1, -0.05) is 48.5 Å². The van der Waals surface area contributed by atoms with E-state index in [-0.39, 0.29) is 11.3 Å². The van der Waals surface area contributed by atoms with Crippen molar-refractivity contribution in [2.45, 2.75) is 39.7 Å². The number of aryl methyl sites for hydroxylation is 2. The molecule has 2 aromatic carbocycles. The maximum atomic E-state index is 13.1. The molecule has 2 heterocycles. The Morgan fingerprint density at radius 3 is 2.50 bits per heavy atom. The smallest absolute Gasteiger partial charge is 0.226 e. The molecule has 0 spiro atoms. The molecule has 0 radical (unpaired) electrons. The number of nitrogens with zero attached hydrogens (tertiary/aromatic N) is 2. The molecule has 1 aliphatic heterocycles. The molecule has 1 N–H and O–H groups in total. The number of carbonyl (C=O) groups is 1. The Morgan fingerprint density at radius 2 is 1.81 bits per heavy atom. The van der Waals surface area contributed by atoms with Crippen LogP contribution in [0, 0.1) is 19.3 Å². The van der Waals surface area contributed by atoms with Gasteiger partial charge in [-0.2, -0.15) is 0 Å². The lowest BCUT2D eigenvalue weighted by Gasteiger charge is -2.41. The summed E-state index contributed by atoms with van der Waals surface area (Å²) in [6.07, 6.45) is 6.16. The summed E-state index contributed by atoms with van der Waals surface area (Å²) in [4.78, 5) is 19.9. The minimum atomic E-state index is -0.382. The van der Waals surface area contributed by atoms with Crippen molar-refractivity contribution >= 4 is 5.91 Å². The first-order valence-electron chi connectivity index (χ1n) is 11.5. The van der Waals surface area contributed by atoms with Crippen molar-refractivity contribution in [2.24, 2.45) is 5.41 Å². The van der Waals surface area contributed by atoms with E-state index < -0.39 is 0 Å². The van der Waals surface area contributed by atoms with Gasteiger partial charge in [0.25, 0.3) is 0 Å². The van der Waals surface area contributed by atoms with Gasteiger partial charge in [0.05, 0.1) is 5.41 Å². The summed E-state index contributed by atoms with van der Waals surface area (Å²) in [5.74, 6) is 0.157. The van der Waals surface area contributed by atoms with Crippen LogP contribution in [0.5, 0.6) is 0 Å². The summed E-state index contributed by atoms with van der Waals surface area (Å²) in [5.41, 5.74) is 7.12. The number of pyridine rings is 1. The van der Waals surface area contributed by atoms with Crippen LogP contribution >= 0.6 is 0 Å². The van der Waals surface area contributed by atoms with Crippen LogP contribution in [-0.4, -0.2) is 35.9 Å². The molecule has 0 aliphatic carbocycles. The maximum Gasteiger partial charge on any atom is 0.226 e. The largest absolute Gasteiger partial charge is 0.359 e. The fourth-order valence-corrected chi connectivity index (χ4v) is 4.89. The molecule has 4 heteroatoms. The van der Waals surface area contributed by atoms with Crippen LogP contribution in [0.3, 0.4) is 0 Å². The first-order chi connectivity index (χ1) is 15.5. The number of nitrogens with one attached hydrogen (secondary N) is 1. The molecule has 1 aliphatic rings. The summed E-state index contributed by atoms with van der Waals surface area (Å²) in [7, 11) is 1.76. The second-order valence-electron chi connectivity index (χ2n) is 9.13. The summed E-state index contributed by atoms with van der Waals surface area (Å²) in [6, 6.07) is 19.2. The second kappa shape index (κ2) is 9.66. The lowest BCUT2D eigenvalue weighted by molar-refractivity contribution is -0.133. The maximum absolute atomic E-state index is 13.1. The molecule has 0 atom stereocenters. The quantitative estimate of drug-likeness (QED) is 0.606. The zero-order valence-electron chi connectivity index (χ0n) is 19.4. The summed E-state index contributed by atoms with van der Waals surface area (Å²) < 4.78 is 0. The third-order valence-corrected chi connectivity index (χ3v) is 7.02. The van der Waals surface area contributed by atoms with Crippen molar-refractivity contribution in [3.05, 3.63) is 89.2 Å². The Bertz CT molecular complexity index is 1070. The van der Waals surface area contributed by atoms with Crippen molar-refractivity contribution in [2.75, 3.05) is 20.1 Å². The van der Waals surface area contributed by atoms with Crippen LogP contribution in [0.2, 0.25) is 0 Å². The van der Waals surface area contributed by atoms with Gasteiger partial charge >= 0.3 is 0 Å². The minimum Gasteiger partial charge on any atom is -0.359 e. The van der Waals surface area contributed by atoms with Gasteiger partial charge in [0.1, 0.15) is 0 Å². The molecule has 3 aromatic rings. The lowest BCUT2D eigenvalue weighted by atomic mass is 9.72. The Labute approximate surface area is 191 Å². The molecule has 4 nitrogen and oxygen atoms in total. The van der Waals surface area contributed by atoms with Crippen LogP contribution in [-0.2, 0) is 17.8 Å². The van der Waals surface area contributed by atoms with Gasteiger partial charge in [0, 0.05) is 31.5 Å². The monoisotopic (exact) mass is 427 g/mol. The van der Waals surface area contributed by atoms with E-state index in [4.69, 9.17) is 0 Å². The molecular weight excluding hydrogens is 394 g/mol. The minimum absolute atomic E-state index is 0.157. The van der Waals surface area contributed by atoms with Gasteiger partial charge in [-0.15, -0.1) is 0 Å². The molecule has 4 rings (SSSR count).